The number of carbonyl (C=O) groups is 1. The van der Waals surface area contributed by atoms with E-state index in [1.165, 1.54) is 30.7 Å². The Labute approximate surface area is 121 Å². The molecule has 1 aliphatic carbocycles. The first-order valence-electron chi connectivity index (χ1n) is 7.01. The minimum Gasteiger partial charge on any atom is -0.477 e. The van der Waals surface area contributed by atoms with Gasteiger partial charge in [-0.1, -0.05) is 19.8 Å². The van der Waals surface area contributed by atoms with Crippen LogP contribution in [-0.4, -0.2) is 21.0 Å². The van der Waals surface area contributed by atoms with Crippen LogP contribution < -0.4 is 0 Å². The van der Waals surface area contributed by atoms with E-state index in [0.717, 1.165) is 17.2 Å². The van der Waals surface area contributed by atoms with Crippen molar-refractivity contribution in [1.29, 1.82) is 0 Å². The topological polar surface area (TPSA) is 66.0 Å². The third-order valence-electron chi connectivity index (χ3n) is 4.02. The molecule has 2 heterocycles. The highest BCUT2D eigenvalue weighted by Crippen LogP contribution is 2.38. The van der Waals surface area contributed by atoms with Crippen LogP contribution in [0.2, 0.25) is 0 Å². The molecular weight excluding hydrogens is 272 g/mol. The summed E-state index contributed by atoms with van der Waals surface area (Å²) in [4.78, 5) is 18.4. The van der Waals surface area contributed by atoms with Crippen LogP contribution in [0.15, 0.2) is 17.6 Å². The molecule has 2 unspecified atom stereocenters. The van der Waals surface area contributed by atoms with Crippen LogP contribution >= 0.6 is 11.3 Å². The molecule has 3 rings (SSSR count). The fraction of sp³-hybridized carbons (Fsp3) is 0.467. The predicted molar refractivity (Wildman–Crippen MR) is 79.2 cm³/mol. The van der Waals surface area contributed by atoms with Crippen molar-refractivity contribution >= 4 is 17.3 Å². The predicted octanol–water partition coefficient (Wildman–Crippen LogP) is 4.13. The number of rotatable bonds is 3. The molecule has 106 valence electrons. The van der Waals surface area contributed by atoms with Crippen LogP contribution in [0.3, 0.4) is 0 Å². The number of nitrogens with zero attached hydrogens (tertiary/aromatic N) is 1. The second kappa shape index (κ2) is 5.40. The number of carboxylic acid groups (broad SMARTS) is 1. The molecular formula is C15H18N2O2S. The van der Waals surface area contributed by atoms with Crippen molar-refractivity contribution in [3.63, 3.8) is 0 Å². The smallest absolute Gasteiger partial charge is 0.352 e. The number of H-pyrrole nitrogens is 1. The Morgan fingerprint density at radius 2 is 2.35 bits per heavy atom. The molecule has 0 bridgehead atoms. The molecule has 0 saturated heterocycles. The molecule has 4 nitrogen and oxygen atoms in total. The van der Waals surface area contributed by atoms with Crippen molar-refractivity contribution in [3.05, 3.63) is 28.3 Å². The summed E-state index contributed by atoms with van der Waals surface area (Å²) < 4.78 is 0. The van der Waals surface area contributed by atoms with Gasteiger partial charge in [0.05, 0.1) is 10.7 Å². The van der Waals surface area contributed by atoms with E-state index in [9.17, 15) is 4.79 Å². The van der Waals surface area contributed by atoms with Crippen LogP contribution in [0.5, 0.6) is 0 Å². The summed E-state index contributed by atoms with van der Waals surface area (Å²) >= 11 is 1.70. The lowest BCUT2D eigenvalue weighted by atomic mass is 9.83. The van der Waals surface area contributed by atoms with E-state index < -0.39 is 5.97 Å². The Kier molecular flexibility index (Phi) is 3.61. The highest BCUT2D eigenvalue weighted by Gasteiger charge is 2.23. The zero-order valence-corrected chi connectivity index (χ0v) is 12.2. The van der Waals surface area contributed by atoms with Gasteiger partial charge in [-0.15, -0.1) is 11.3 Å². The molecule has 20 heavy (non-hydrogen) atoms. The Morgan fingerprint density at radius 1 is 1.50 bits per heavy atom. The molecule has 0 spiro atoms. The van der Waals surface area contributed by atoms with Gasteiger partial charge < -0.3 is 10.1 Å². The maximum absolute atomic E-state index is 10.9. The van der Waals surface area contributed by atoms with Crippen LogP contribution in [-0.2, 0) is 0 Å². The summed E-state index contributed by atoms with van der Waals surface area (Å²) in [6.45, 7) is 2.31. The largest absolute Gasteiger partial charge is 0.477 e. The van der Waals surface area contributed by atoms with Gasteiger partial charge in [0.2, 0.25) is 0 Å². The lowest BCUT2D eigenvalue weighted by Gasteiger charge is -2.24. The average molecular weight is 290 g/mol. The van der Waals surface area contributed by atoms with Gasteiger partial charge in [-0.05, 0) is 24.8 Å². The fourth-order valence-corrected chi connectivity index (χ4v) is 3.91. The van der Waals surface area contributed by atoms with E-state index in [1.807, 2.05) is 5.38 Å². The van der Waals surface area contributed by atoms with Crippen molar-refractivity contribution in [1.82, 2.24) is 9.97 Å². The highest BCUT2D eigenvalue weighted by atomic mass is 32.1. The Balaban J connectivity index is 1.80. The van der Waals surface area contributed by atoms with Crippen molar-refractivity contribution in [2.45, 2.75) is 38.5 Å². The van der Waals surface area contributed by atoms with Crippen LogP contribution in [0.25, 0.3) is 11.3 Å². The number of hydrogen-bond donors (Lipinski definition) is 2. The number of nitrogens with one attached hydrogen (secondary N) is 1. The van der Waals surface area contributed by atoms with E-state index in [0.29, 0.717) is 5.92 Å². The first kappa shape index (κ1) is 13.4. The summed E-state index contributed by atoms with van der Waals surface area (Å²) in [5.41, 5.74) is 1.95. The van der Waals surface area contributed by atoms with E-state index in [1.54, 1.807) is 23.6 Å². The third kappa shape index (κ3) is 2.63. The van der Waals surface area contributed by atoms with Gasteiger partial charge in [-0.3, -0.25) is 0 Å². The maximum Gasteiger partial charge on any atom is 0.352 e. The van der Waals surface area contributed by atoms with Gasteiger partial charge in [0.25, 0.3) is 0 Å². The zero-order chi connectivity index (χ0) is 14.1. The maximum atomic E-state index is 10.9. The van der Waals surface area contributed by atoms with Crippen LogP contribution in [0, 0.1) is 5.92 Å². The first-order valence-corrected chi connectivity index (χ1v) is 7.89. The number of hydrogen-bond acceptors (Lipinski definition) is 3. The minimum atomic E-state index is -0.937. The van der Waals surface area contributed by atoms with Gasteiger partial charge >= 0.3 is 5.97 Å². The van der Waals surface area contributed by atoms with Crippen molar-refractivity contribution in [3.8, 4) is 11.3 Å². The van der Waals surface area contributed by atoms with Gasteiger partial charge in [0.15, 0.2) is 0 Å². The molecule has 0 radical (unpaired) electrons. The Bertz CT molecular complexity index is 617. The van der Waals surface area contributed by atoms with Crippen molar-refractivity contribution in [2.24, 2.45) is 5.92 Å². The van der Waals surface area contributed by atoms with Gasteiger partial charge in [-0.2, -0.15) is 0 Å². The quantitative estimate of drug-likeness (QED) is 0.893. The third-order valence-corrected chi connectivity index (χ3v) is 5.02. The first-order chi connectivity index (χ1) is 9.63. The molecule has 0 aromatic carbocycles. The second-order valence-corrected chi connectivity index (χ2v) is 6.54. The molecule has 1 saturated carbocycles. The summed E-state index contributed by atoms with van der Waals surface area (Å²) in [7, 11) is 0. The molecule has 2 aromatic rings. The summed E-state index contributed by atoms with van der Waals surface area (Å²) in [5, 5.41) is 12.2. The molecule has 1 fully saturated rings. The number of aromatic amines is 1. The lowest BCUT2D eigenvalue weighted by molar-refractivity contribution is 0.0691. The van der Waals surface area contributed by atoms with Gasteiger partial charge in [0, 0.05) is 23.1 Å². The zero-order valence-electron chi connectivity index (χ0n) is 11.4. The number of aromatic nitrogens is 2. The monoisotopic (exact) mass is 290 g/mol. The molecule has 0 aliphatic heterocycles. The minimum absolute atomic E-state index is 0.209. The summed E-state index contributed by atoms with van der Waals surface area (Å²) in [6, 6.07) is 1.64. The molecule has 2 N–H and O–H groups in total. The van der Waals surface area contributed by atoms with Crippen molar-refractivity contribution in [2.75, 3.05) is 0 Å². The Hall–Kier alpha value is -1.62. The summed E-state index contributed by atoms with van der Waals surface area (Å²) in [6.07, 6.45) is 6.78. The standard InChI is InChI=1S/C15H18N2O2S/c1-9-3-2-4-10(5-9)14-17-13(8-20-14)11-6-12(15(18)19)16-7-11/h6-10,16H,2-5H2,1H3,(H,18,19). The molecule has 0 amide bonds. The van der Waals surface area contributed by atoms with E-state index in [-0.39, 0.29) is 5.69 Å². The van der Waals surface area contributed by atoms with E-state index >= 15 is 0 Å². The van der Waals surface area contributed by atoms with E-state index in [4.69, 9.17) is 10.1 Å². The Morgan fingerprint density at radius 3 is 3.05 bits per heavy atom. The fourth-order valence-electron chi connectivity index (χ4n) is 2.93. The number of aromatic carboxylic acids is 1. The molecule has 2 atom stereocenters. The molecule has 5 heteroatoms. The SMILES string of the molecule is CC1CCCC(c2nc(-c3c[nH]c(C(=O)O)c3)cs2)C1. The highest BCUT2D eigenvalue weighted by molar-refractivity contribution is 7.10. The van der Waals surface area contributed by atoms with Crippen LogP contribution in [0.4, 0.5) is 0 Å². The second-order valence-electron chi connectivity index (χ2n) is 5.65. The lowest BCUT2D eigenvalue weighted by Crippen LogP contribution is -2.11. The number of thiazole rings is 1. The molecule has 2 aromatic heterocycles. The van der Waals surface area contributed by atoms with Gasteiger partial charge in [-0.25, -0.2) is 9.78 Å². The van der Waals surface area contributed by atoms with Crippen molar-refractivity contribution < 1.29 is 9.90 Å². The number of carboxylic acids is 1. The summed E-state index contributed by atoms with van der Waals surface area (Å²) in [5.74, 6) is 0.426. The van der Waals surface area contributed by atoms with Crippen LogP contribution in [0.1, 0.15) is 54.0 Å². The van der Waals surface area contributed by atoms with Gasteiger partial charge in [0.1, 0.15) is 5.69 Å². The van der Waals surface area contributed by atoms with E-state index in [2.05, 4.69) is 11.9 Å². The molecule has 1 aliphatic rings. The average Bonchev–Trinajstić information content (AvgIpc) is 3.08. The normalized spacial score (nSPS) is 22.9.